The quantitative estimate of drug-likeness (QED) is 0.541. The molecule has 3 nitrogen and oxygen atoms in total. The van der Waals surface area contributed by atoms with Gasteiger partial charge in [-0.25, -0.2) is 0 Å². The molecule has 1 aromatic carbocycles. The summed E-state index contributed by atoms with van der Waals surface area (Å²) in [7, 11) is 0. The minimum absolute atomic E-state index is 0.00454. The van der Waals surface area contributed by atoms with Crippen molar-refractivity contribution >= 4 is 6.29 Å². The van der Waals surface area contributed by atoms with Crippen LogP contribution in [0.25, 0.3) is 0 Å². The predicted molar refractivity (Wildman–Crippen MR) is 56.8 cm³/mol. The molecule has 76 valence electrons. The Bertz CT molecular complexity index is 405. The maximum atomic E-state index is 10.6. The average molecular weight is 201 g/mol. The van der Waals surface area contributed by atoms with Crippen LogP contribution in [0.5, 0.6) is 5.75 Å². The third kappa shape index (κ3) is 2.96. The highest BCUT2D eigenvalue weighted by molar-refractivity contribution is 5.75. The van der Waals surface area contributed by atoms with Crippen molar-refractivity contribution in [2.75, 3.05) is 6.61 Å². The second-order valence-corrected chi connectivity index (χ2v) is 2.92. The van der Waals surface area contributed by atoms with E-state index in [-0.39, 0.29) is 6.61 Å². The SMILES string of the molecule is C=CCc1cc(C=O)ccc1OCC#N. The highest BCUT2D eigenvalue weighted by Crippen LogP contribution is 2.20. The van der Waals surface area contributed by atoms with Gasteiger partial charge in [0.25, 0.3) is 0 Å². The number of benzene rings is 1. The second kappa shape index (κ2) is 5.61. The van der Waals surface area contributed by atoms with E-state index in [1.807, 2.05) is 6.07 Å². The maximum Gasteiger partial charge on any atom is 0.174 e. The molecule has 0 heterocycles. The summed E-state index contributed by atoms with van der Waals surface area (Å²) in [5.74, 6) is 0.627. The largest absolute Gasteiger partial charge is 0.478 e. The van der Waals surface area contributed by atoms with Crippen molar-refractivity contribution in [1.29, 1.82) is 5.26 Å². The van der Waals surface area contributed by atoms with Gasteiger partial charge >= 0.3 is 0 Å². The summed E-state index contributed by atoms with van der Waals surface area (Å²) in [6.45, 7) is 3.63. The van der Waals surface area contributed by atoms with Crippen LogP contribution in [-0.4, -0.2) is 12.9 Å². The average Bonchev–Trinajstić information content (AvgIpc) is 2.27. The number of nitrogens with zero attached hydrogens (tertiary/aromatic N) is 1. The number of aldehydes is 1. The van der Waals surface area contributed by atoms with E-state index in [1.165, 1.54) is 0 Å². The predicted octanol–water partition coefficient (Wildman–Crippen LogP) is 2.13. The van der Waals surface area contributed by atoms with Gasteiger partial charge in [-0.1, -0.05) is 6.08 Å². The zero-order valence-electron chi connectivity index (χ0n) is 8.27. The molecular weight excluding hydrogens is 190 g/mol. The van der Waals surface area contributed by atoms with Crippen molar-refractivity contribution in [3.05, 3.63) is 42.0 Å². The smallest absolute Gasteiger partial charge is 0.174 e. The summed E-state index contributed by atoms with van der Waals surface area (Å²) in [6, 6.07) is 6.99. The Morgan fingerprint density at radius 1 is 1.53 bits per heavy atom. The van der Waals surface area contributed by atoms with E-state index in [9.17, 15) is 4.79 Å². The molecule has 0 aliphatic rings. The summed E-state index contributed by atoms with van der Waals surface area (Å²) in [5, 5.41) is 8.40. The minimum Gasteiger partial charge on any atom is -0.478 e. The van der Waals surface area contributed by atoms with Gasteiger partial charge in [0.1, 0.15) is 18.1 Å². The van der Waals surface area contributed by atoms with Crippen molar-refractivity contribution in [3.63, 3.8) is 0 Å². The van der Waals surface area contributed by atoms with Crippen LogP contribution in [0, 0.1) is 11.3 Å². The third-order valence-corrected chi connectivity index (χ3v) is 1.88. The molecule has 0 aromatic heterocycles. The third-order valence-electron chi connectivity index (χ3n) is 1.88. The van der Waals surface area contributed by atoms with Crippen LogP contribution in [0.2, 0.25) is 0 Å². The van der Waals surface area contributed by atoms with Crippen molar-refractivity contribution in [1.82, 2.24) is 0 Å². The molecule has 0 aliphatic heterocycles. The molecule has 0 bridgehead atoms. The van der Waals surface area contributed by atoms with E-state index in [0.29, 0.717) is 17.7 Å². The number of carbonyl (C=O) groups is 1. The molecule has 15 heavy (non-hydrogen) atoms. The molecular formula is C12H11NO2. The Labute approximate surface area is 88.6 Å². The second-order valence-electron chi connectivity index (χ2n) is 2.92. The summed E-state index contributed by atoms with van der Waals surface area (Å²) < 4.78 is 5.21. The number of allylic oxidation sites excluding steroid dienone is 1. The van der Waals surface area contributed by atoms with Gasteiger partial charge in [-0.2, -0.15) is 5.26 Å². The first-order chi connectivity index (χ1) is 7.31. The molecule has 0 fully saturated rings. The van der Waals surface area contributed by atoms with Crippen LogP contribution in [0.15, 0.2) is 30.9 Å². The number of nitriles is 1. The topological polar surface area (TPSA) is 50.1 Å². The molecule has 0 aliphatic carbocycles. The summed E-state index contributed by atoms with van der Waals surface area (Å²) in [6.07, 6.45) is 3.12. The molecule has 0 saturated heterocycles. The van der Waals surface area contributed by atoms with Gasteiger partial charge in [-0.3, -0.25) is 4.79 Å². The van der Waals surface area contributed by atoms with Gasteiger partial charge in [0.15, 0.2) is 6.61 Å². The van der Waals surface area contributed by atoms with Crippen LogP contribution in [0.1, 0.15) is 15.9 Å². The lowest BCUT2D eigenvalue weighted by molar-refractivity contribution is 0.112. The van der Waals surface area contributed by atoms with E-state index < -0.39 is 0 Å². The van der Waals surface area contributed by atoms with E-state index in [1.54, 1.807) is 24.3 Å². The molecule has 0 spiro atoms. The lowest BCUT2D eigenvalue weighted by Gasteiger charge is -2.07. The lowest BCUT2D eigenvalue weighted by atomic mass is 10.1. The normalized spacial score (nSPS) is 9.00. The molecule has 3 heteroatoms. The molecule has 0 N–H and O–H groups in total. The van der Waals surface area contributed by atoms with Crippen LogP contribution < -0.4 is 4.74 Å². The van der Waals surface area contributed by atoms with E-state index in [4.69, 9.17) is 10.00 Å². The van der Waals surface area contributed by atoms with Gasteiger partial charge < -0.3 is 4.74 Å². The van der Waals surface area contributed by atoms with Gasteiger partial charge in [0.2, 0.25) is 0 Å². The molecule has 0 unspecified atom stereocenters. The Morgan fingerprint density at radius 3 is 2.93 bits per heavy atom. The number of hydrogen-bond donors (Lipinski definition) is 0. The van der Waals surface area contributed by atoms with Crippen molar-refractivity contribution in [2.45, 2.75) is 6.42 Å². The Morgan fingerprint density at radius 2 is 2.33 bits per heavy atom. The van der Waals surface area contributed by atoms with E-state index >= 15 is 0 Å². The Hall–Kier alpha value is -2.08. The zero-order valence-corrected chi connectivity index (χ0v) is 8.27. The molecule has 0 radical (unpaired) electrons. The number of ether oxygens (including phenoxy) is 1. The van der Waals surface area contributed by atoms with Crippen molar-refractivity contribution in [2.24, 2.45) is 0 Å². The fourth-order valence-corrected chi connectivity index (χ4v) is 1.24. The van der Waals surface area contributed by atoms with Crippen LogP contribution in [0.3, 0.4) is 0 Å². The fraction of sp³-hybridized carbons (Fsp3) is 0.167. The van der Waals surface area contributed by atoms with Gasteiger partial charge in [-0.05, 0) is 30.2 Å². The van der Waals surface area contributed by atoms with E-state index in [2.05, 4.69) is 6.58 Å². The molecule has 0 amide bonds. The number of rotatable bonds is 5. The maximum absolute atomic E-state index is 10.6. The first-order valence-electron chi connectivity index (χ1n) is 4.50. The number of carbonyl (C=O) groups excluding carboxylic acids is 1. The van der Waals surface area contributed by atoms with Gasteiger partial charge in [0, 0.05) is 5.56 Å². The summed E-state index contributed by atoms with van der Waals surface area (Å²) >= 11 is 0. The van der Waals surface area contributed by atoms with E-state index in [0.717, 1.165) is 11.8 Å². The molecule has 0 atom stereocenters. The monoisotopic (exact) mass is 201 g/mol. The fourth-order valence-electron chi connectivity index (χ4n) is 1.24. The lowest BCUT2D eigenvalue weighted by Crippen LogP contribution is -1.98. The first kappa shape index (κ1) is 11.0. The highest BCUT2D eigenvalue weighted by atomic mass is 16.5. The van der Waals surface area contributed by atoms with Crippen LogP contribution >= 0.6 is 0 Å². The molecule has 1 aromatic rings. The van der Waals surface area contributed by atoms with Crippen LogP contribution in [0.4, 0.5) is 0 Å². The molecule has 0 saturated carbocycles. The minimum atomic E-state index is 0.00454. The number of hydrogen-bond acceptors (Lipinski definition) is 3. The zero-order chi connectivity index (χ0) is 11.1. The Kier molecular flexibility index (Phi) is 4.11. The summed E-state index contributed by atoms with van der Waals surface area (Å²) in [4.78, 5) is 10.6. The van der Waals surface area contributed by atoms with Gasteiger partial charge in [-0.15, -0.1) is 6.58 Å². The Balaban J connectivity index is 2.98. The van der Waals surface area contributed by atoms with Gasteiger partial charge in [0.05, 0.1) is 0 Å². The van der Waals surface area contributed by atoms with Crippen molar-refractivity contribution in [3.8, 4) is 11.8 Å². The van der Waals surface area contributed by atoms with Crippen molar-refractivity contribution < 1.29 is 9.53 Å². The standard InChI is InChI=1S/C12H11NO2/c1-2-3-11-8-10(9-14)4-5-12(11)15-7-6-13/h2,4-5,8-9H,1,3,7H2. The first-order valence-corrected chi connectivity index (χ1v) is 4.50. The highest BCUT2D eigenvalue weighted by Gasteiger charge is 2.03. The molecule has 1 rings (SSSR count). The van der Waals surface area contributed by atoms with Crippen LogP contribution in [-0.2, 0) is 6.42 Å². The summed E-state index contributed by atoms with van der Waals surface area (Å²) in [5.41, 5.74) is 1.46.